The van der Waals surface area contributed by atoms with Gasteiger partial charge < -0.3 is 4.74 Å². The Morgan fingerprint density at radius 3 is 2.31 bits per heavy atom. The van der Waals surface area contributed by atoms with Gasteiger partial charge in [-0.25, -0.2) is 0 Å². The Labute approximate surface area is 99.8 Å². The Kier molecular flexibility index (Phi) is 6.91. The summed E-state index contributed by atoms with van der Waals surface area (Å²) in [6.07, 6.45) is 6.35. The van der Waals surface area contributed by atoms with E-state index in [1.165, 1.54) is 43.2 Å². The monoisotopic (exact) mass is 220 g/mol. The summed E-state index contributed by atoms with van der Waals surface area (Å²) in [5.74, 6) is 0. The van der Waals surface area contributed by atoms with Gasteiger partial charge in [-0.15, -0.1) is 0 Å². The summed E-state index contributed by atoms with van der Waals surface area (Å²) in [6.45, 7) is 5.97. The smallest absolute Gasteiger partial charge is 0.0465 e. The van der Waals surface area contributed by atoms with E-state index in [1.807, 2.05) is 0 Å². The lowest BCUT2D eigenvalue weighted by Crippen LogP contribution is -1.93. The van der Waals surface area contributed by atoms with Gasteiger partial charge in [0.2, 0.25) is 0 Å². The number of ether oxygens (including phenoxy) is 1. The van der Waals surface area contributed by atoms with E-state index in [2.05, 4.69) is 38.1 Å². The largest absolute Gasteiger partial charge is 0.382 e. The highest BCUT2D eigenvalue weighted by atomic mass is 16.5. The molecule has 16 heavy (non-hydrogen) atoms. The molecule has 0 spiro atoms. The molecule has 0 heterocycles. The summed E-state index contributed by atoms with van der Waals surface area (Å²) in [5.41, 5.74) is 2.82. The van der Waals surface area contributed by atoms with Crippen LogP contribution in [0.25, 0.3) is 0 Å². The zero-order valence-electron chi connectivity index (χ0n) is 10.7. The van der Waals surface area contributed by atoms with Crippen LogP contribution < -0.4 is 0 Å². The molecule has 1 nitrogen and oxygen atoms in total. The third kappa shape index (κ3) is 5.92. The third-order valence-electron chi connectivity index (χ3n) is 2.83. The van der Waals surface area contributed by atoms with Gasteiger partial charge in [-0.05, 0) is 38.7 Å². The highest BCUT2D eigenvalue weighted by Gasteiger charge is 1.94. The zero-order valence-corrected chi connectivity index (χ0v) is 10.7. The standard InChI is InChI=1S/C15H24O/c1-3-16-13-7-5-4-6-8-15-11-9-14(2)10-12-15/h9-12H,3-8,13H2,1-2H3. The van der Waals surface area contributed by atoms with Crippen LogP contribution in [-0.2, 0) is 11.2 Å². The van der Waals surface area contributed by atoms with Gasteiger partial charge in [0.05, 0.1) is 0 Å². The number of benzene rings is 1. The van der Waals surface area contributed by atoms with Gasteiger partial charge in [0.15, 0.2) is 0 Å². The van der Waals surface area contributed by atoms with Crippen molar-refractivity contribution in [3.63, 3.8) is 0 Å². The Morgan fingerprint density at radius 2 is 1.62 bits per heavy atom. The van der Waals surface area contributed by atoms with Crippen molar-refractivity contribution in [1.82, 2.24) is 0 Å². The summed E-state index contributed by atoms with van der Waals surface area (Å²) in [5, 5.41) is 0. The average molecular weight is 220 g/mol. The van der Waals surface area contributed by atoms with Gasteiger partial charge in [-0.3, -0.25) is 0 Å². The highest BCUT2D eigenvalue weighted by Crippen LogP contribution is 2.09. The Balaban J connectivity index is 2.01. The summed E-state index contributed by atoms with van der Waals surface area (Å²) in [6, 6.07) is 8.89. The Bertz CT molecular complexity index is 263. The molecule has 1 heteroatoms. The van der Waals surface area contributed by atoms with Crippen LogP contribution in [-0.4, -0.2) is 13.2 Å². The molecular formula is C15H24O. The van der Waals surface area contributed by atoms with Gasteiger partial charge in [0, 0.05) is 13.2 Å². The van der Waals surface area contributed by atoms with E-state index in [0.29, 0.717) is 0 Å². The molecule has 0 N–H and O–H groups in total. The van der Waals surface area contributed by atoms with Gasteiger partial charge in [0.25, 0.3) is 0 Å². The first-order valence-electron chi connectivity index (χ1n) is 6.46. The predicted octanol–water partition coefficient (Wildman–Crippen LogP) is 4.13. The first-order chi connectivity index (χ1) is 7.83. The summed E-state index contributed by atoms with van der Waals surface area (Å²) >= 11 is 0. The molecule has 0 aliphatic heterocycles. The van der Waals surface area contributed by atoms with Crippen molar-refractivity contribution < 1.29 is 4.74 Å². The highest BCUT2D eigenvalue weighted by molar-refractivity contribution is 5.21. The minimum atomic E-state index is 0.851. The van der Waals surface area contributed by atoms with Crippen molar-refractivity contribution in [2.75, 3.05) is 13.2 Å². The molecule has 0 atom stereocenters. The van der Waals surface area contributed by atoms with Gasteiger partial charge in [-0.2, -0.15) is 0 Å². The first-order valence-corrected chi connectivity index (χ1v) is 6.46. The lowest BCUT2D eigenvalue weighted by atomic mass is 10.1. The topological polar surface area (TPSA) is 9.23 Å². The molecule has 0 bridgehead atoms. The maximum Gasteiger partial charge on any atom is 0.0465 e. The van der Waals surface area contributed by atoms with Gasteiger partial charge >= 0.3 is 0 Å². The molecule has 1 aromatic carbocycles. The Hall–Kier alpha value is -0.820. The maximum absolute atomic E-state index is 5.31. The van der Waals surface area contributed by atoms with Crippen molar-refractivity contribution in [3.05, 3.63) is 35.4 Å². The lowest BCUT2D eigenvalue weighted by molar-refractivity contribution is 0.143. The second kappa shape index (κ2) is 8.35. The molecule has 0 radical (unpaired) electrons. The molecule has 0 aliphatic carbocycles. The fraction of sp³-hybridized carbons (Fsp3) is 0.600. The van der Waals surface area contributed by atoms with Gasteiger partial charge in [-0.1, -0.05) is 42.7 Å². The van der Waals surface area contributed by atoms with E-state index < -0.39 is 0 Å². The van der Waals surface area contributed by atoms with E-state index in [4.69, 9.17) is 4.74 Å². The summed E-state index contributed by atoms with van der Waals surface area (Å²) < 4.78 is 5.31. The van der Waals surface area contributed by atoms with Crippen LogP contribution in [0.3, 0.4) is 0 Å². The fourth-order valence-electron chi connectivity index (χ4n) is 1.79. The van der Waals surface area contributed by atoms with Gasteiger partial charge in [0.1, 0.15) is 0 Å². The summed E-state index contributed by atoms with van der Waals surface area (Å²) in [7, 11) is 0. The van der Waals surface area contributed by atoms with Crippen LogP contribution in [0.4, 0.5) is 0 Å². The molecule has 0 aromatic heterocycles. The van der Waals surface area contributed by atoms with Crippen molar-refractivity contribution in [2.24, 2.45) is 0 Å². The minimum absolute atomic E-state index is 0.851. The molecule has 0 unspecified atom stereocenters. The van der Waals surface area contributed by atoms with Crippen molar-refractivity contribution in [3.8, 4) is 0 Å². The number of hydrogen-bond donors (Lipinski definition) is 0. The number of unbranched alkanes of at least 4 members (excludes halogenated alkanes) is 3. The number of aryl methyl sites for hydroxylation is 2. The Morgan fingerprint density at radius 1 is 0.938 bits per heavy atom. The third-order valence-corrected chi connectivity index (χ3v) is 2.83. The molecular weight excluding hydrogens is 196 g/mol. The number of hydrogen-bond acceptors (Lipinski definition) is 1. The van der Waals surface area contributed by atoms with E-state index in [0.717, 1.165) is 13.2 Å². The minimum Gasteiger partial charge on any atom is -0.382 e. The molecule has 0 fully saturated rings. The lowest BCUT2D eigenvalue weighted by Gasteiger charge is -2.03. The molecule has 90 valence electrons. The first kappa shape index (κ1) is 13.2. The van der Waals surface area contributed by atoms with E-state index in [-0.39, 0.29) is 0 Å². The van der Waals surface area contributed by atoms with Crippen LogP contribution in [0, 0.1) is 6.92 Å². The van der Waals surface area contributed by atoms with Crippen molar-refractivity contribution in [2.45, 2.75) is 46.0 Å². The molecule has 0 saturated heterocycles. The second-order valence-electron chi connectivity index (χ2n) is 4.35. The number of rotatable bonds is 8. The van der Waals surface area contributed by atoms with E-state index in [9.17, 15) is 0 Å². The quantitative estimate of drug-likeness (QED) is 0.598. The fourth-order valence-corrected chi connectivity index (χ4v) is 1.79. The second-order valence-corrected chi connectivity index (χ2v) is 4.35. The van der Waals surface area contributed by atoms with Crippen LogP contribution in [0.1, 0.15) is 43.7 Å². The molecule has 1 rings (SSSR count). The SMILES string of the molecule is CCOCCCCCCc1ccc(C)cc1. The molecule has 1 aromatic rings. The van der Waals surface area contributed by atoms with Crippen LogP contribution in [0.15, 0.2) is 24.3 Å². The van der Waals surface area contributed by atoms with Crippen LogP contribution >= 0.6 is 0 Å². The molecule has 0 amide bonds. The molecule has 0 saturated carbocycles. The predicted molar refractivity (Wildman–Crippen MR) is 69.8 cm³/mol. The van der Waals surface area contributed by atoms with Crippen LogP contribution in [0.5, 0.6) is 0 Å². The average Bonchev–Trinajstić information content (AvgIpc) is 2.30. The van der Waals surface area contributed by atoms with E-state index in [1.54, 1.807) is 0 Å². The van der Waals surface area contributed by atoms with Crippen molar-refractivity contribution in [1.29, 1.82) is 0 Å². The van der Waals surface area contributed by atoms with Crippen molar-refractivity contribution >= 4 is 0 Å². The van der Waals surface area contributed by atoms with E-state index >= 15 is 0 Å². The summed E-state index contributed by atoms with van der Waals surface area (Å²) in [4.78, 5) is 0. The normalized spacial score (nSPS) is 10.6. The van der Waals surface area contributed by atoms with Crippen LogP contribution in [0.2, 0.25) is 0 Å². The molecule has 0 aliphatic rings. The maximum atomic E-state index is 5.31. The zero-order chi connectivity index (χ0) is 11.6.